The van der Waals surface area contributed by atoms with Crippen molar-refractivity contribution in [3.8, 4) is 0 Å². The van der Waals surface area contributed by atoms with Crippen LogP contribution in [-0.4, -0.2) is 75.6 Å². The number of H-pyrrole nitrogens is 1. The first kappa shape index (κ1) is 39.8. The van der Waals surface area contributed by atoms with E-state index in [1.807, 2.05) is 0 Å². The molecule has 0 amide bonds. The predicted octanol–water partition coefficient (Wildman–Crippen LogP) is 3.60. The Morgan fingerprint density at radius 3 is 1.96 bits per heavy atom. The summed E-state index contributed by atoms with van der Waals surface area (Å²) in [5.74, 6) is -6.33. The zero-order valence-corrected chi connectivity index (χ0v) is 29.0. The van der Waals surface area contributed by atoms with Gasteiger partial charge in [-0.1, -0.05) is 0 Å². The largest absolute Gasteiger partial charge is 0.481 e. The second-order valence-corrected chi connectivity index (χ2v) is 16.0. The summed E-state index contributed by atoms with van der Waals surface area (Å²) in [6, 6.07) is -0.457. The average molecular weight is 691 g/mol. The van der Waals surface area contributed by atoms with Crippen LogP contribution >= 0.6 is 7.60 Å². The Morgan fingerprint density at radius 2 is 1.47 bits per heavy atom. The van der Waals surface area contributed by atoms with Gasteiger partial charge in [0.25, 0.3) is 11.4 Å². The molecule has 0 radical (unpaired) electrons. The Kier molecular flexibility index (Phi) is 13.3. The van der Waals surface area contributed by atoms with Gasteiger partial charge in [-0.15, -0.1) is 0 Å². The molecule has 2 rings (SSSR count). The number of aryl methyl sites for hydroxylation is 1. The zero-order chi connectivity index (χ0) is 36.0. The number of hydrogen-bond donors (Lipinski definition) is 3. The first-order valence-corrected chi connectivity index (χ1v) is 16.8. The maximum Gasteiger partial charge on any atom is 0.370 e. The highest BCUT2D eigenvalue weighted by molar-refractivity contribution is 7.55. The Morgan fingerprint density at radius 1 is 0.936 bits per heavy atom. The van der Waals surface area contributed by atoms with Crippen LogP contribution in [-0.2, 0) is 47.0 Å². The molecule has 17 heteroatoms. The fourth-order valence-corrected chi connectivity index (χ4v) is 5.95. The molecule has 1 heterocycles. The van der Waals surface area contributed by atoms with E-state index in [0.717, 1.165) is 0 Å². The van der Waals surface area contributed by atoms with Crippen molar-refractivity contribution in [3.63, 3.8) is 0 Å². The molecule has 1 aromatic rings. The first-order chi connectivity index (χ1) is 21.5. The zero-order valence-electron chi connectivity index (χ0n) is 28.2. The fraction of sp³-hybridized carbons (Fsp3) is 0.733. The van der Waals surface area contributed by atoms with Crippen molar-refractivity contribution in [1.82, 2.24) is 9.55 Å². The minimum atomic E-state index is -4.72. The van der Waals surface area contributed by atoms with E-state index in [2.05, 4.69) is 4.98 Å². The molecule has 0 aliphatic heterocycles. The molecule has 1 fully saturated rings. The molecular weight excluding hydrogens is 643 g/mol. The van der Waals surface area contributed by atoms with Crippen LogP contribution in [0.25, 0.3) is 0 Å². The van der Waals surface area contributed by atoms with E-state index in [-0.39, 0.29) is 25.7 Å². The minimum absolute atomic E-state index is 0.145. The summed E-state index contributed by atoms with van der Waals surface area (Å²) in [6.07, 6.45) is 1.10. The third-order valence-electron chi connectivity index (χ3n) is 7.86. The first-order valence-electron chi connectivity index (χ1n) is 15.2. The van der Waals surface area contributed by atoms with Crippen LogP contribution < -0.4 is 11.2 Å². The number of esters is 2. The lowest BCUT2D eigenvalue weighted by Gasteiger charge is -2.30. The summed E-state index contributed by atoms with van der Waals surface area (Å²) in [5, 5.41) is 19.0. The van der Waals surface area contributed by atoms with Crippen molar-refractivity contribution in [2.45, 2.75) is 105 Å². The van der Waals surface area contributed by atoms with Gasteiger partial charge in [-0.05, 0) is 87.5 Å². The van der Waals surface area contributed by atoms with Crippen LogP contribution in [0.3, 0.4) is 0 Å². The van der Waals surface area contributed by atoms with Crippen molar-refractivity contribution in [1.29, 1.82) is 0 Å². The van der Waals surface area contributed by atoms with Gasteiger partial charge in [0, 0.05) is 17.8 Å². The number of ether oxygens (including phenoxy) is 3. The summed E-state index contributed by atoms with van der Waals surface area (Å²) in [5.41, 5.74) is -4.40. The summed E-state index contributed by atoms with van der Waals surface area (Å²) >= 11 is 0. The highest BCUT2D eigenvalue weighted by Crippen LogP contribution is 2.56. The van der Waals surface area contributed by atoms with E-state index < -0.39 is 97.0 Å². The maximum absolute atomic E-state index is 14.4. The molecule has 0 spiro atoms. The molecule has 3 unspecified atom stereocenters. The van der Waals surface area contributed by atoms with Gasteiger partial charge in [0.1, 0.15) is 0 Å². The van der Waals surface area contributed by atoms with E-state index >= 15 is 0 Å². The normalized spacial score (nSPS) is 18.0. The molecule has 47 heavy (non-hydrogen) atoms. The van der Waals surface area contributed by atoms with Crippen LogP contribution in [0.1, 0.15) is 92.2 Å². The summed E-state index contributed by atoms with van der Waals surface area (Å²) < 4.78 is 43.2. The lowest BCUT2D eigenvalue weighted by Crippen LogP contribution is -2.35. The van der Waals surface area contributed by atoms with Gasteiger partial charge in [0.15, 0.2) is 0 Å². The molecule has 3 atom stereocenters. The Hall–Kier alpha value is -3.33. The van der Waals surface area contributed by atoms with Crippen LogP contribution in [0, 0.1) is 23.2 Å². The van der Waals surface area contributed by atoms with Crippen LogP contribution in [0.15, 0.2) is 15.8 Å². The number of aromatic amines is 1. The quantitative estimate of drug-likeness (QED) is 0.121. The maximum atomic E-state index is 14.4. The second kappa shape index (κ2) is 15.7. The third-order valence-corrected chi connectivity index (χ3v) is 9.86. The molecule has 0 saturated heterocycles. The second-order valence-electron chi connectivity index (χ2n) is 13.9. The molecule has 0 bridgehead atoms. The lowest BCUT2D eigenvalue weighted by molar-refractivity contribution is -0.179. The number of carbonyl (C=O) groups excluding carboxylic acids is 2. The monoisotopic (exact) mass is 690 g/mol. The minimum Gasteiger partial charge on any atom is -0.481 e. The van der Waals surface area contributed by atoms with Crippen LogP contribution in [0.2, 0.25) is 0 Å². The standard InChI is InChI=1S/C30H47N2O14P/c1-18-16-32(27(40)31-21(18)33)19-9-10-20(15-19)46-23(22(34)42-17-43-26(39)28(2,3)4)47(41,44-13-11-29(5,6)24(35)36)45-14-12-30(7,8)25(37)38/h16,19-20,23H,9-15,17H2,1-8H3,(H,35,36)(H,37,38)(H,31,33,40). The number of carboxylic acids is 2. The Bertz CT molecular complexity index is 1440. The molecule has 1 aromatic heterocycles. The van der Waals surface area contributed by atoms with Crippen molar-refractivity contribution < 1.29 is 57.2 Å². The van der Waals surface area contributed by atoms with E-state index in [1.165, 1.54) is 38.5 Å². The van der Waals surface area contributed by atoms with Crippen molar-refractivity contribution in [3.05, 3.63) is 32.6 Å². The third kappa shape index (κ3) is 11.1. The number of aromatic nitrogens is 2. The Balaban J connectivity index is 2.41. The number of rotatable bonds is 17. The van der Waals surface area contributed by atoms with E-state index in [0.29, 0.717) is 12.0 Å². The number of hydrogen-bond acceptors (Lipinski definition) is 12. The highest BCUT2D eigenvalue weighted by atomic mass is 31.2. The molecule has 1 saturated carbocycles. The molecule has 16 nitrogen and oxygen atoms in total. The van der Waals surface area contributed by atoms with Gasteiger partial charge < -0.3 is 33.5 Å². The summed E-state index contributed by atoms with van der Waals surface area (Å²) in [7, 11) is -4.72. The van der Waals surface area contributed by atoms with Gasteiger partial charge in [-0.3, -0.25) is 33.3 Å². The molecule has 0 aromatic carbocycles. The Labute approximate surface area is 272 Å². The van der Waals surface area contributed by atoms with Crippen molar-refractivity contribution >= 4 is 31.5 Å². The predicted molar refractivity (Wildman–Crippen MR) is 166 cm³/mol. The van der Waals surface area contributed by atoms with Gasteiger partial charge in [0.05, 0.1) is 35.6 Å². The van der Waals surface area contributed by atoms with E-state index in [4.69, 9.17) is 23.3 Å². The molecule has 266 valence electrons. The van der Waals surface area contributed by atoms with Gasteiger partial charge in [-0.25, -0.2) is 9.59 Å². The summed E-state index contributed by atoms with van der Waals surface area (Å²) in [4.78, 5) is 75.6. The smallest absolute Gasteiger partial charge is 0.370 e. The van der Waals surface area contributed by atoms with Gasteiger partial charge in [-0.2, -0.15) is 0 Å². The number of nitrogens with zero attached hydrogens (tertiary/aromatic N) is 1. The van der Waals surface area contributed by atoms with E-state index in [1.54, 1.807) is 27.7 Å². The van der Waals surface area contributed by atoms with Crippen LogP contribution in [0.4, 0.5) is 0 Å². The number of nitrogens with one attached hydrogen (secondary N) is 1. The molecule has 1 aliphatic carbocycles. The van der Waals surface area contributed by atoms with Gasteiger partial charge >= 0.3 is 37.2 Å². The number of carboxylic acid groups (broad SMARTS) is 2. The topological polar surface area (TPSA) is 227 Å². The summed E-state index contributed by atoms with van der Waals surface area (Å²) in [6.45, 7) is 10.2. The molecule has 1 aliphatic rings. The van der Waals surface area contributed by atoms with Crippen molar-refractivity contribution in [2.75, 3.05) is 20.0 Å². The van der Waals surface area contributed by atoms with Crippen molar-refractivity contribution in [2.24, 2.45) is 16.2 Å². The SMILES string of the molecule is Cc1cn(C2CCC(OC(C(=O)OCOC(=O)C(C)(C)C)P(=O)(OCCC(C)(C)C(=O)O)OCCC(C)(C)C(=O)O)C2)c(=O)[nH]c1=O. The van der Waals surface area contributed by atoms with Crippen LogP contribution in [0.5, 0.6) is 0 Å². The molecule has 3 N–H and O–H groups in total. The number of carbonyl (C=O) groups is 4. The molecular formula is C30H47N2O14P. The van der Waals surface area contributed by atoms with E-state index in [9.17, 15) is 43.5 Å². The number of aliphatic carboxylic acids is 2. The fourth-order valence-electron chi connectivity index (χ4n) is 4.26. The van der Waals surface area contributed by atoms with Gasteiger partial charge in [0.2, 0.25) is 6.79 Å². The lowest BCUT2D eigenvalue weighted by atomic mass is 9.90. The average Bonchev–Trinajstić information content (AvgIpc) is 3.41. The highest BCUT2D eigenvalue weighted by Gasteiger charge is 2.48.